The van der Waals surface area contributed by atoms with Gasteiger partial charge in [0.15, 0.2) is 0 Å². The SMILES string of the molecule is O=C1OC(CNCc2cc3c(s2)CCC3)CC1(F)F. The summed E-state index contributed by atoms with van der Waals surface area (Å²) in [5.41, 5.74) is 1.43. The van der Waals surface area contributed by atoms with E-state index in [4.69, 9.17) is 0 Å². The number of halogens is 2. The highest BCUT2D eigenvalue weighted by Gasteiger charge is 2.50. The summed E-state index contributed by atoms with van der Waals surface area (Å²) in [6, 6.07) is 2.19. The molecule has 2 heterocycles. The number of rotatable bonds is 4. The lowest BCUT2D eigenvalue weighted by atomic mass is 10.2. The molecule has 3 rings (SSSR count). The number of carbonyl (C=O) groups excluding carboxylic acids is 1. The number of esters is 1. The maximum absolute atomic E-state index is 12.9. The van der Waals surface area contributed by atoms with Crippen LogP contribution in [0.15, 0.2) is 6.07 Å². The highest BCUT2D eigenvalue weighted by molar-refractivity contribution is 7.12. The number of ether oxygens (including phenoxy) is 1. The van der Waals surface area contributed by atoms with Crippen molar-refractivity contribution in [2.45, 2.75) is 44.3 Å². The first-order valence-corrected chi connectivity index (χ1v) is 7.26. The summed E-state index contributed by atoms with van der Waals surface area (Å²) in [4.78, 5) is 13.5. The van der Waals surface area contributed by atoms with Gasteiger partial charge in [0.2, 0.25) is 0 Å². The van der Waals surface area contributed by atoms with Gasteiger partial charge < -0.3 is 10.1 Å². The van der Waals surface area contributed by atoms with E-state index in [9.17, 15) is 13.6 Å². The molecular formula is C13H15F2NO2S. The summed E-state index contributed by atoms with van der Waals surface area (Å²) in [5.74, 6) is -4.70. The molecule has 104 valence electrons. The Labute approximate surface area is 114 Å². The second kappa shape index (κ2) is 4.83. The molecule has 0 bridgehead atoms. The van der Waals surface area contributed by atoms with E-state index in [0.29, 0.717) is 6.54 Å². The van der Waals surface area contributed by atoms with Gasteiger partial charge in [0, 0.05) is 22.8 Å². The van der Waals surface area contributed by atoms with Crippen LogP contribution >= 0.6 is 11.3 Å². The van der Waals surface area contributed by atoms with Gasteiger partial charge >= 0.3 is 11.9 Å². The van der Waals surface area contributed by atoms with Crippen molar-refractivity contribution >= 4 is 17.3 Å². The zero-order valence-corrected chi connectivity index (χ0v) is 11.2. The van der Waals surface area contributed by atoms with Crippen LogP contribution in [0.4, 0.5) is 8.78 Å². The Kier molecular flexibility index (Phi) is 3.30. The predicted octanol–water partition coefficient (Wildman–Crippen LogP) is 2.28. The molecule has 1 N–H and O–H groups in total. The van der Waals surface area contributed by atoms with Crippen molar-refractivity contribution in [2.24, 2.45) is 0 Å². The fourth-order valence-corrected chi connectivity index (χ4v) is 3.83. The quantitative estimate of drug-likeness (QED) is 0.863. The monoisotopic (exact) mass is 287 g/mol. The second-order valence-electron chi connectivity index (χ2n) is 5.08. The van der Waals surface area contributed by atoms with Crippen LogP contribution in [0.1, 0.15) is 28.2 Å². The molecule has 1 aromatic rings. The van der Waals surface area contributed by atoms with Crippen LogP contribution in [0.25, 0.3) is 0 Å². The maximum Gasteiger partial charge on any atom is 0.377 e. The fraction of sp³-hybridized carbons (Fsp3) is 0.615. The third-order valence-corrected chi connectivity index (χ3v) is 4.76. The molecule has 2 aliphatic rings. The number of hydrogen-bond donors (Lipinski definition) is 1. The summed E-state index contributed by atoms with van der Waals surface area (Å²) in [6.07, 6.45) is 2.32. The van der Waals surface area contributed by atoms with E-state index < -0.39 is 24.4 Å². The fourth-order valence-electron chi connectivity index (χ4n) is 2.60. The minimum Gasteiger partial charge on any atom is -0.456 e. The Hall–Kier alpha value is -1.01. The smallest absolute Gasteiger partial charge is 0.377 e. The van der Waals surface area contributed by atoms with Gasteiger partial charge in [-0.2, -0.15) is 8.78 Å². The van der Waals surface area contributed by atoms with E-state index in [1.165, 1.54) is 21.7 Å². The zero-order chi connectivity index (χ0) is 13.5. The van der Waals surface area contributed by atoms with Crippen molar-refractivity contribution in [3.63, 3.8) is 0 Å². The lowest BCUT2D eigenvalue weighted by Crippen LogP contribution is -2.26. The molecular weight excluding hydrogens is 272 g/mol. The van der Waals surface area contributed by atoms with Gasteiger partial charge in [-0.05, 0) is 30.9 Å². The Balaban J connectivity index is 1.47. The average molecular weight is 287 g/mol. The molecule has 1 aromatic heterocycles. The first-order valence-electron chi connectivity index (χ1n) is 6.45. The first-order chi connectivity index (χ1) is 9.04. The number of hydrogen-bond acceptors (Lipinski definition) is 4. The van der Waals surface area contributed by atoms with E-state index in [-0.39, 0.29) is 6.54 Å². The topological polar surface area (TPSA) is 38.3 Å². The largest absolute Gasteiger partial charge is 0.456 e. The number of thiophene rings is 1. The van der Waals surface area contributed by atoms with E-state index in [0.717, 1.165) is 12.8 Å². The summed E-state index contributed by atoms with van der Waals surface area (Å²) >= 11 is 1.79. The zero-order valence-electron chi connectivity index (χ0n) is 10.4. The second-order valence-corrected chi connectivity index (χ2v) is 6.30. The maximum atomic E-state index is 12.9. The molecule has 1 fully saturated rings. The molecule has 0 radical (unpaired) electrons. The summed E-state index contributed by atoms with van der Waals surface area (Å²) < 4.78 is 30.5. The molecule has 1 aliphatic heterocycles. The van der Waals surface area contributed by atoms with E-state index in [2.05, 4.69) is 16.1 Å². The molecule has 1 unspecified atom stereocenters. The molecule has 0 amide bonds. The Bertz CT molecular complexity index is 479. The van der Waals surface area contributed by atoms with Gasteiger partial charge in [0.25, 0.3) is 0 Å². The number of carbonyl (C=O) groups is 1. The Morgan fingerprint density at radius 3 is 3.00 bits per heavy atom. The van der Waals surface area contributed by atoms with E-state index in [1.807, 2.05) is 0 Å². The third-order valence-electron chi connectivity index (χ3n) is 3.53. The van der Waals surface area contributed by atoms with Crippen LogP contribution in [0, 0.1) is 0 Å². The molecule has 0 aromatic carbocycles. The van der Waals surface area contributed by atoms with Gasteiger partial charge in [0.1, 0.15) is 6.10 Å². The molecule has 1 saturated heterocycles. The van der Waals surface area contributed by atoms with Crippen LogP contribution in [0.3, 0.4) is 0 Å². The molecule has 19 heavy (non-hydrogen) atoms. The minimum absolute atomic E-state index is 0.282. The van der Waals surface area contributed by atoms with Crippen molar-refractivity contribution in [2.75, 3.05) is 6.54 Å². The van der Waals surface area contributed by atoms with E-state index in [1.54, 1.807) is 11.3 Å². The molecule has 3 nitrogen and oxygen atoms in total. The number of nitrogens with one attached hydrogen (secondary N) is 1. The standard InChI is InChI=1S/C13H15F2NO2S/c14-13(15)5-9(18-12(13)17)6-16-7-10-4-8-2-1-3-11(8)19-10/h4,9,16H,1-3,5-7H2. The first kappa shape index (κ1) is 13.0. The van der Waals surface area contributed by atoms with Gasteiger partial charge in [-0.3, -0.25) is 0 Å². The van der Waals surface area contributed by atoms with Crippen LogP contribution in [0.2, 0.25) is 0 Å². The number of cyclic esters (lactones) is 1. The number of fused-ring (bicyclic) bond motifs is 1. The highest BCUT2D eigenvalue weighted by Crippen LogP contribution is 2.32. The lowest BCUT2D eigenvalue weighted by Gasteiger charge is -2.08. The van der Waals surface area contributed by atoms with Gasteiger partial charge in [-0.15, -0.1) is 11.3 Å². The molecule has 1 atom stereocenters. The summed E-state index contributed by atoms with van der Waals surface area (Å²) in [5, 5.41) is 3.09. The van der Waals surface area contributed by atoms with Gasteiger partial charge in [0.05, 0.1) is 6.42 Å². The molecule has 0 saturated carbocycles. The van der Waals surface area contributed by atoms with Crippen molar-refractivity contribution in [3.8, 4) is 0 Å². The predicted molar refractivity (Wildman–Crippen MR) is 67.5 cm³/mol. The van der Waals surface area contributed by atoms with Crippen molar-refractivity contribution in [3.05, 3.63) is 21.4 Å². The van der Waals surface area contributed by atoms with Crippen molar-refractivity contribution < 1.29 is 18.3 Å². The minimum atomic E-state index is -3.31. The summed E-state index contributed by atoms with van der Waals surface area (Å²) in [6.45, 7) is 0.932. The Morgan fingerprint density at radius 1 is 1.47 bits per heavy atom. The normalized spacial score (nSPS) is 24.5. The number of alkyl halides is 2. The van der Waals surface area contributed by atoms with Crippen molar-refractivity contribution in [1.29, 1.82) is 0 Å². The molecule has 6 heteroatoms. The van der Waals surface area contributed by atoms with Gasteiger partial charge in [-0.1, -0.05) is 0 Å². The molecule has 1 aliphatic carbocycles. The Morgan fingerprint density at radius 2 is 2.32 bits per heavy atom. The lowest BCUT2D eigenvalue weighted by molar-refractivity contribution is -0.159. The van der Waals surface area contributed by atoms with Crippen LogP contribution < -0.4 is 5.32 Å². The van der Waals surface area contributed by atoms with Crippen molar-refractivity contribution in [1.82, 2.24) is 5.32 Å². The van der Waals surface area contributed by atoms with Gasteiger partial charge in [-0.25, -0.2) is 4.79 Å². The molecule has 0 spiro atoms. The number of aryl methyl sites for hydroxylation is 2. The third kappa shape index (κ3) is 2.65. The highest BCUT2D eigenvalue weighted by atomic mass is 32.1. The summed E-state index contributed by atoms with van der Waals surface area (Å²) in [7, 11) is 0. The van der Waals surface area contributed by atoms with Crippen LogP contribution in [-0.4, -0.2) is 24.5 Å². The average Bonchev–Trinajstić information content (AvgIpc) is 2.93. The van der Waals surface area contributed by atoms with E-state index >= 15 is 0 Å². The van der Waals surface area contributed by atoms with Crippen LogP contribution in [0.5, 0.6) is 0 Å². The van der Waals surface area contributed by atoms with Crippen LogP contribution in [-0.2, 0) is 28.9 Å².